The van der Waals surface area contributed by atoms with E-state index >= 15 is 0 Å². The zero-order valence-electron chi connectivity index (χ0n) is 13.7. The molecule has 5 nitrogen and oxygen atoms in total. The van der Waals surface area contributed by atoms with Crippen LogP contribution < -0.4 is 0 Å². The summed E-state index contributed by atoms with van der Waals surface area (Å²) in [6.45, 7) is 11.7. The molecule has 6 heteroatoms. The van der Waals surface area contributed by atoms with E-state index in [2.05, 4.69) is 23.5 Å². The lowest BCUT2D eigenvalue weighted by Gasteiger charge is -2.25. The van der Waals surface area contributed by atoms with E-state index in [4.69, 9.17) is 21.3 Å². The molecule has 0 aliphatic rings. The molecule has 2 rings (SSSR count). The molecule has 0 aliphatic carbocycles. The average molecular weight is 313 g/mol. The first-order valence-corrected chi connectivity index (χ1v) is 7.95. The molecule has 0 aromatic carbocycles. The van der Waals surface area contributed by atoms with E-state index in [0.29, 0.717) is 19.1 Å². The van der Waals surface area contributed by atoms with E-state index in [1.165, 1.54) is 0 Å². The summed E-state index contributed by atoms with van der Waals surface area (Å²) in [7, 11) is 1.95. The van der Waals surface area contributed by atoms with Gasteiger partial charge in [-0.15, -0.1) is 11.6 Å². The molecule has 2 heterocycles. The first kappa shape index (κ1) is 16.3. The number of hydrogen-bond donors (Lipinski definition) is 0. The van der Waals surface area contributed by atoms with Gasteiger partial charge in [-0.05, 0) is 26.7 Å². The molecule has 0 spiro atoms. The van der Waals surface area contributed by atoms with Crippen LogP contribution in [-0.2, 0) is 11.8 Å². The molecule has 118 valence electrons. The Morgan fingerprint density at radius 1 is 1.29 bits per heavy atom. The second kappa shape index (κ2) is 6.36. The van der Waals surface area contributed by atoms with Crippen LogP contribution in [0, 0.1) is 12.8 Å². The van der Waals surface area contributed by atoms with Crippen LogP contribution in [0.25, 0.3) is 11.2 Å². The Morgan fingerprint density at radius 2 is 1.95 bits per heavy atom. The minimum Gasteiger partial charge on any atom is -0.380 e. The molecule has 0 saturated carbocycles. The van der Waals surface area contributed by atoms with Gasteiger partial charge in [-0.1, -0.05) is 13.8 Å². The maximum Gasteiger partial charge on any atom is 0.159 e. The normalized spacial score (nSPS) is 15.0. The van der Waals surface area contributed by atoms with Crippen molar-refractivity contribution < 1.29 is 4.74 Å². The molecule has 21 heavy (non-hydrogen) atoms. The van der Waals surface area contributed by atoms with Gasteiger partial charge in [0.25, 0.3) is 0 Å². The minimum absolute atomic E-state index is 0.153. The number of aryl methyl sites for hydroxylation is 2. The Labute approximate surface area is 131 Å². The molecule has 0 bridgehead atoms. The monoisotopic (exact) mass is 312 g/mol. The summed E-state index contributed by atoms with van der Waals surface area (Å²) in [5.41, 5.74) is 2.89. The number of hydrogen-bond acceptors (Lipinski definition) is 3. The lowest BCUT2D eigenvalue weighted by molar-refractivity contribution is 0.0963. The highest BCUT2D eigenvalue weighted by Gasteiger charge is 2.27. The lowest BCUT2D eigenvalue weighted by Crippen LogP contribution is -2.24. The summed E-state index contributed by atoms with van der Waals surface area (Å²) in [6, 6.07) is 0.195. The molecule has 0 saturated heterocycles. The Balaban J connectivity index is 2.64. The fourth-order valence-electron chi connectivity index (χ4n) is 2.72. The van der Waals surface area contributed by atoms with Gasteiger partial charge in [-0.2, -0.15) is 5.10 Å². The minimum atomic E-state index is -0.153. The highest BCUT2D eigenvalue weighted by atomic mass is 35.5. The summed E-state index contributed by atoms with van der Waals surface area (Å²) >= 11 is 6.37. The number of rotatable bonds is 6. The third kappa shape index (κ3) is 2.94. The molecule has 0 aliphatic heterocycles. The molecular weight excluding hydrogens is 288 g/mol. The van der Waals surface area contributed by atoms with Crippen LogP contribution in [0.3, 0.4) is 0 Å². The van der Waals surface area contributed by atoms with Gasteiger partial charge in [0.2, 0.25) is 0 Å². The van der Waals surface area contributed by atoms with Gasteiger partial charge in [0, 0.05) is 13.7 Å². The second-order valence-corrected chi connectivity index (χ2v) is 6.46. The van der Waals surface area contributed by atoms with E-state index < -0.39 is 0 Å². The zero-order valence-corrected chi connectivity index (χ0v) is 14.5. The first-order valence-electron chi connectivity index (χ1n) is 7.51. The topological polar surface area (TPSA) is 44.9 Å². The predicted molar refractivity (Wildman–Crippen MR) is 85.9 cm³/mol. The fourth-order valence-corrected chi connectivity index (χ4v) is 2.88. The number of imidazole rings is 1. The van der Waals surface area contributed by atoms with E-state index in [1.54, 1.807) is 0 Å². The van der Waals surface area contributed by atoms with Gasteiger partial charge < -0.3 is 9.30 Å². The van der Waals surface area contributed by atoms with Crippen molar-refractivity contribution in [2.45, 2.75) is 46.0 Å². The molecular formula is C15H25ClN4O. The van der Waals surface area contributed by atoms with Gasteiger partial charge in [-0.25, -0.2) is 4.98 Å². The first-order chi connectivity index (χ1) is 9.88. The van der Waals surface area contributed by atoms with Crippen molar-refractivity contribution in [3.8, 4) is 0 Å². The zero-order chi connectivity index (χ0) is 15.7. The predicted octanol–water partition coefficient (Wildman–Crippen LogP) is 3.61. The van der Waals surface area contributed by atoms with Crippen molar-refractivity contribution in [2.75, 3.05) is 13.2 Å². The number of fused-ring (bicyclic) bond motifs is 1. The van der Waals surface area contributed by atoms with Crippen molar-refractivity contribution >= 4 is 22.8 Å². The summed E-state index contributed by atoms with van der Waals surface area (Å²) in [4.78, 5) is 4.74. The van der Waals surface area contributed by atoms with Crippen LogP contribution in [0.1, 0.15) is 50.6 Å². The van der Waals surface area contributed by atoms with E-state index in [-0.39, 0.29) is 11.4 Å². The smallest absolute Gasteiger partial charge is 0.159 e. The highest BCUT2D eigenvalue weighted by Crippen LogP contribution is 2.32. The Kier molecular flexibility index (Phi) is 4.94. The summed E-state index contributed by atoms with van der Waals surface area (Å²) in [6.07, 6.45) is 0. The van der Waals surface area contributed by atoms with Crippen LogP contribution in [0.4, 0.5) is 0 Å². The standard InChI is InChI=1S/C15H25ClN4O/c1-7-21-8-12(9(2)3)20-14(10(4)16)17-13-11(5)18-19(6)15(13)20/h9-10,12H,7-8H2,1-6H3. The molecule has 2 aromatic rings. The van der Waals surface area contributed by atoms with Crippen LogP contribution in [0.5, 0.6) is 0 Å². The van der Waals surface area contributed by atoms with Crippen LogP contribution in [-0.4, -0.2) is 32.5 Å². The van der Waals surface area contributed by atoms with Crippen molar-refractivity contribution in [3.63, 3.8) is 0 Å². The summed E-state index contributed by atoms with van der Waals surface area (Å²) in [5, 5.41) is 4.33. The quantitative estimate of drug-likeness (QED) is 0.765. The third-order valence-electron chi connectivity index (χ3n) is 3.81. The molecule has 2 aromatic heterocycles. The summed E-state index contributed by atoms with van der Waals surface area (Å²) in [5.74, 6) is 1.31. The third-order valence-corrected chi connectivity index (χ3v) is 4.01. The number of alkyl halides is 1. The molecule has 0 fully saturated rings. The second-order valence-electron chi connectivity index (χ2n) is 5.81. The van der Waals surface area contributed by atoms with Gasteiger partial charge >= 0.3 is 0 Å². The van der Waals surface area contributed by atoms with Crippen molar-refractivity contribution in [1.29, 1.82) is 0 Å². The van der Waals surface area contributed by atoms with Crippen LogP contribution >= 0.6 is 11.6 Å². The Hall–Kier alpha value is -1.07. The van der Waals surface area contributed by atoms with Crippen LogP contribution in [0.2, 0.25) is 0 Å². The van der Waals surface area contributed by atoms with Gasteiger partial charge in [-0.3, -0.25) is 4.68 Å². The molecule has 0 amide bonds. The molecule has 2 unspecified atom stereocenters. The number of ether oxygens (including phenoxy) is 1. The molecule has 0 N–H and O–H groups in total. The van der Waals surface area contributed by atoms with Crippen molar-refractivity contribution in [2.24, 2.45) is 13.0 Å². The number of halogens is 1. The van der Waals surface area contributed by atoms with E-state index in [9.17, 15) is 0 Å². The lowest BCUT2D eigenvalue weighted by atomic mass is 10.0. The average Bonchev–Trinajstić information content (AvgIpc) is 2.90. The largest absolute Gasteiger partial charge is 0.380 e. The van der Waals surface area contributed by atoms with Gasteiger partial charge in [0.15, 0.2) is 5.65 Å². The van der Waals surface area contributed by atoms with Gasteiger partial charge in [0.05, 0.1) is 23.7 Å². The summed E-state index contributed by atoms with van der Waals surface area (Å²) < 4.78 is 9.80. The van der Waals surface area contributed by atoms with E-state index in [1.807, 2.05) is 32.5 Å². The molecule has 0 radical (unpaired) electrons. The van der Waals surface area contributed by atoms with Crippen molar-refractivity contribution in [3.05, 3.63) is 11.5 Å². The van der Waals surface area contributed by atoms with Crippen LogP contribution in [0.15, 0.2) is 0 Å². The Morgan fingerprint density at radius 3 is 2.48 bits per heavy atom. The maximum absolute atomic E-state index is 6.37. The van der Waals surface area contributed by atoms with Gasteiger partial charge in [0.1, 0.15) is 11.3 Å². The highest BCUT2D eigenvalue weighted by molar-refractivity contribution is 6.20. The van der Waals surface area contributed by atoms with Crippen molar-refractivity contribution in [1.82, 2.24) is 19.3 Å². The van der Waals surface area contributed by atoms with E-state index in [0.717, 1.165) is 22.7 Å². The number of nitrogens with zero attached hydrogens (tertiary/aromatic N) is 4. The molecule has 2 atom stereocenters. The Bertz CT molecular complexity index is 615. The fraction of sp³-hybridized carbons (Fsp3) is 0.733. The SMILES string of the molecule is CCOCC(C(C)C)n1c(C(C)Cl)nc2c(C)nn(C)c21. The number of aromatic nitrogens is 4. The maximum atomic E-state index is 6.37.